The number of thiazole rings is 1. The van der Waals surface area contributed by atoms with Gasteiger partial charge in [-0.2, -0.15) is 0 Å². The van der Waals surface area contributed by atoms with E-state index in [0.29, 0.717) is 0 Å². The van der Waals surface area contributed by atoms with Gasteiger partial charge in [0, 0.05) is 42.7 Å². The topological polar surface area (TPSA) is 25.8 Å². The number of benzene rings is 2. The molecule has 2 aromatic carbocycles. The molecule has 4 heterocycles. The zero-order valence-electron chi connectivity index (χ0n) is 17.0. The molecule has 5 heteroatoms. The van der Waals surface area contributed by atoms with Crippen LogP contribution in [0, 0.1) is 13.8 Å². The Hall–Kier alpha value is -2.86. The zero-order valence-corrected chi connectivity index (χ0v) is 19.5. The minimum atomic E-state index is 1.05. The van der Waals surface area contributed by atoms with Gasteiger partial charge in [0.25, 0.3) is 0 Å². The summed E-state index contributed by atoms with van der Waals surface area (Å²) in [5, 5.41) is 2.36. The summed E-state index contributed by atoms with van der Waals surface area (Å²) >= 11 is 5.44. The van der Waals surface area contributed by atoms with E-state index in [4.69, 9.17) is 9.97 Å². The maximum absolute atomic E-state index is 5.23. The molecule has 0 saturated heterocycles. The third-order valence-electron chi connectivity index (χ3n) is 5.51. The number of aromatic nitrogens is 2. The molecule has 0 amide bonds. The number of pyridine rings is 1. The van der Waals surface area contributed by atoms with Crippen LogP contribution < -0.4 is 0 Å². The van der Waals surface area contributed by atoms with E-state index in [9.17, 15) is 0 Å². The van der Waals surface area contributed by atoms with Crippen LogP contribution in [0.1, 0.15) is 9.75 Å². The number of hydrogen-bond acceptors (Lipinski definition) is 5. The Labute approximate surface area is 192 Å². The molecule has 0 aliphatic rings. The van der Waals surface area contributed by atoms with E-state index in [1.807, 2.05) is 23.6 Å². The Balaban J connectivity index is 1.70. The Morgan fingerprint density at radius 1 is 0.677 bits per heavy atom. The average molecular weight is 455 g/mol. The van der Waals surface area contributed by atoms with Crippen molar-refractivity contribution in [3.05, 3.63) is 82.7 Å². The molecule has 0 spiro atoms. The van der Waals surface area contributed by atoms with Gasteiger partial charge in [-0.05, 0) is 32.0 Å². The number of hydrogen-bond donors (Lipinski definition) is 0. The van der Waals surface area contributed by atoms with Crippen molar-refractivity contribution in [1.82, 2.24) is 9.97 Å². The highest BCUT2D eigenvalue weighted by atomic mass is 32.1. The Bertz CT molecular complexity index is 1460. The van der Waals surface area contributed by atoms with Crippen molar-refractivity contribution in [1.29, 1.82) is 0 Å². The fourth-order valence-electron chi connectivity index (χ4n) is 4.14. The third kappa shape index (κ3) is 3.04. The average Bonchev–Trinajstić information content (AvgIpc) is 3.45. The van der Waals surface area contributed by atoms with Crippen LogP contribution in [0.5, 0.6) is 0 Å². The summed E-state index contributed by atoms with van der Waals surface area (Å²) < 4.78 is 2.53. The molecule has 150 valence electrons. The minimum absolute atomic E-state index is 1.05. The SMILES string of the molecule is Cc1sc2ccccc2c1-c1sc(-c2ccccc2)nc1-c1c(C)sc2cccnc12. The van der Waals surface area contributed by atoms with E-state index in [1.54, 1.807) is 22.7 Å². The van der Waals surface area contributed by atoms with Gasteiger partial charge in [0.2, 0.25) is 0 Å². The summed E-state index contributed by atoms with van der Waals surface area (Å²) in [6.45, 7) is 4.41. The second kappa shape index (κ2) is 7.38. The number of thiophene rings is 2. The molecule has 0 fully saturated rings. The molecule has 0 aliphatic carbocycles. The minimum Gasteiger partial charge on any atom is -0.255 e. The van der Waals surface area contributed by atoms with Crippen LogP contribution in [0.2, 0.25) is 0 Å². The molecular formula is C26H18N2S3. The maximum atomic E-state index is 5.23. The van der Waals surface area contributed by atoms with Crippen LogP contribution in [-0.4, -0.2) is 9.97 Å². The van der Waals surface area contributed by atoms with Gasteiger partial charge in [0.05, 0.1) is 20.8 Å². The van der Waals surface area contributed by atoms with Crippen molar-refractivity contribution < 1.29 is 0 Å². The van der Waals surface area contributed by atoms with Gasteiger partial charge >= 0.3 is 0 Å². The first-order valence-electron chi connectivity index (χ1n) is 10.1. The predicted molar refractivity (Wildman–Crippen MR) is 136 cm³/mol. The molecule has 0 unspecified atom stereocenters. The second-order valence-corrected chi connectivity index (χ2v) is 11.0. The first-order valence-corrected chi connectivity index (χ1v) is 12.5. The lowest BCUT2D eigenvalue weighted by molar-refractivity contribution is 1.37. The Morgan fingerprint density at radius 3 is 2.26 bits per heavy atom. The second-order valence-electron chi connectivity index (χ2n) is 7.48. The lowest BCUT2D eigenvalue weighted by Gasteiger charge is -2.04. The van der Waals surface area contributed by atoms with Crippen molar-refractivity contribution in [3.8, 4) is 32.3 Å². The smallest absolute Gasteiger partial charge is 0.124 e. The molecule has 0 atom stereocenters. The molecule has 0 N–H and O–H groups in total. The van der Waals surface area contributed by atoms with Crippen molar-refractivity contribution in [2.45, 2.75) is 13.8 Å². The van der Waals surface area contributed by atoms with Gasteiger partial charge in [0.1, 0.15) is 5.01 Å². The van der Waals surface area contributed by atoms with Crippen LogP contribution >= 0.6 is 34.0 Å². The molecule has 6 aromatic rings. The van der Waals surface area contributed by atoms with Crippen molar-refractivity contribution in [2.75, 3.05) is 0 Å². The van der Waals surface area contributed by atoms with Gasteiger partial charge in [0.15, 0.2) is 0 Å². The molecular weight excluding hydrogens is 437 g/mol. The predicted octanol–water partition coefficient (Wildman–Crippen LogP) is 8.59. The van der Waals surface area contributed by atoms with E-state index in [1.165, 1.54) is 40.5 Å². The van der Waals surface area contributed by atoms with E-state index in [-0.39, 0.29) is 0 Å². The number of fused-ring (bicyclic) bond motifs is 2. The molecule has 0 aliphatic heterocycles. The van der Waals surface area contributed by atoms with E-state index in [0.717, 1.165) is 21.8 Å². The summed E-state index contributed by atoms with van der Waals surface area (Å²) in [6, 6.07) is 23.3. The lowest BCUT2D eigenvalue weighted by Crippen LogP contribution is -1.86. The highest BCUT2D eigenvalue weighted by molar-refractivity contribution is 7.22. The highest BCUT2D eigenvalue weighted by Crippen LogP contribution is 2.49. The molecule has 4 aromatic heterocycles. The van der Waals surface area contributed by atoms with Gasteiger partial charge < -0.3 is 0 Å². The lowest BCUT2D eigenvalue weighted by atomic mass is 10.0. The number of rotatable bonds is 3. The summed E-state index contributed by atoms with van der Waals surface area (Å²) in [4.78, 5) is 13.8. The van der Waals surface area contributed by atoms with Crippen LogP contribution in [0.4, 0.5) is 0 Å². The monoisotopic (exact) mass is 454 g/mol. The van der Waals surface area contributed by atoms with Crippen LogP contribution in [0.15, 0.2) is 72.9 Å². The molecule has 31 heavy (non-hydrogen) atoms. The van der Waals surface area contributed by atoms with E-state index < -0.39 is 0 Å². The molecule has 2 nitrogen and oxygen atoms in total. The summed E-state index contributed by atoms with van der Waals surface area (Å²) in [6.07, 6.45) is 1.88. The summed E-state index contributed by atoms with van der Waals surface area (Å²) in [5.41, 5.74) is 5.74. The molecule has 0 saturated carbocycles. The largest absolute Gasteiger partial charge is 0.255 e. The van der Waals surface area contributed by atoms with Gasteiger partial charge in [-0.25, -0.2) is 4.98 Å². The quantitative estimate of drug-likeness (QED) is 0.267. The van der Waals surface area contributed by atoms with Crippen LogP contribution in [-0.2, 0) is 0 Å². The number of nitrogens with zero attached hydrogens (tertiary/aromatic N) is 2. The van der Waals surface area contributed by atoms with Crippen molar-refractivity contribution in [3.63, 3.8) is 0 Å². The van der Waals surface area contributed by atoms with Gasteiger partial charge in [-0.1, -0.05) is 48.5 Å². The normalized spacial score (nSPS) is 11.5. The molecule has 0 radical (unpaired) electrons. The first-order chi connectivity index (χ1) is 15.2. The van der Waals surface area contributed by atoms with Crippen molar-refractivity contribution >= 4 is 54.3 Å². The zero-order chi connectivity index (χ0) is 20.9. The first kappa shape index (κ1) is 18.9. The summed E-state index contributed by atoms with van der Waals surface area (Å²) in [5.74, 6) is 0. The fourth-order valence-corrected chi connectivity index (χ4v) is 7.49. The highest BCUT2D eigenvalue weighted by Gasteiger charge is 2.24. The maximum Gasteiger partial charge on any atom is 0.124 e. The Kier molecular flexibility index (Phi) is 4.49. The van der Waals surface area contributed by atoms with Crippen LogP contribution in [0.3, 0.4) is 0 Å². The fraction of sp³-hybridized carbons (Fsp3) is 0.0769. The van der Waals surface area contributed by atoms with Crippen molar-refractivity contribution in [2.24, 2.45) is 0 Å². The standard InChI is InChI=1S/C26H18N2S3/c1-15-21(18-11-6-7-12-19(18)29-15)25-24(28-26(31-25)17-9-4-3-5-10-17)22-16(2)30-20-13-8-14-27-23(20)22/h3-14H,1-2H3. The molecule has 6 rings (SSSR count). The van der Waals surface area contributed by atoms with E-state index >= 15 is 0 Å². The summed E-state index contributed by atoms with van der Waals surface area (Å²) in [7, 11) is 0. The van der Waals surface area contributed by atoms with Crippen LogP contribution in [0.25, 0.3) is 52.6 Å². The van der Waals surface area contributed by atoms with E-state index in [2.05, 4.69) is 74.5 Å². The van der Waals surface area contributed by atoms with Gasteiger partial charge in [-0.3, -0.25) is 4.98 Å². The van der Waals surface area contributed by atoms with Gasteiger partial charge in [-0.15, -0.1) is 34.0 Å². The third-order valence-corrected chi connectivity index (χ3v) is 8.77. The number of aryl methyl sites for hydroxylation is 2. The Morgan fingerprint density at radius 2 is 1.39 bits per heavy atom. The molecule has 0 bridgehead atoms.